The lowest BCUT2D eigenvalue weighted by Gasteiger charge is -2.44. The Kier molecular flexibility index (Phi) is 6.19. The molecule has 0 radical (unpaired) electrons. The molecule has 1 aromatic carbocycles. The molecule has 3 heterocycles. The molecule has 0 bridgehead atoms. The van der Waals surface area contributed by atoms with E-state index in [0.717, 1.165) is 6.20 Å². The number of hydrogen-bond acceptors (Lipinski definition) is 7. The highest BCUT2D eigenvalue weighted by molar-refractivity contribution is 8.13. The summed E-state index contributed by atoms with van der Waals surface area (Å²) in [7, 11) is 0. The van der Waals surface area contributed by atoms with Crippen LogP contribution in [0.2, 0.25) is 0 Å². The number of hydrogen-bond donors (Lipinski definition) is 1. The quantitative estimate of drug-likeness (QED) is 0.676. The SMILES string of the molecule is NC1=N[C@@]2(c3cc(CC(=O)c4ccc(OC(F)F)cn4)ccc3F)CCOC[C@H]2CS1. The predicted octanol–water partition coefficient (Wildman–Crippen LogP) is 3.54. The largest absolute Gasteiger partial charge is 0.433 e. The number of carbonyl (C=O) groups excluding carboxylic acids is 1. The molecule has 0 spiro atoms. The average Bonchev–Trinajstić information content (AvgIpc) is 2.75. The zero-order valence-electron chi connectivity index (χ0n) is 16.4. The van der Waals surface area contributed by atoms with E-state index in [1.807, 2.05) is 0 Å². The van der Waals surface area contributed by atoms with Gasteiger partial charge < -0.3 is 15.2 Å². The first-order valence-corrected chi connectivity index (χ1v) is 10.6. The number of benzene rings is 1. The van der Waals surface area contributed by atoms with Gasteiger partial charge in [0, 0.05) is 36.7 Å². The highest BCUT2D eigenvalue weighted by Crippen LogP contribution is 2.46. The van der Waals surface area contributed by atoms with Gasteiger partial charge in [0.2, 0.25) is 0 Å². The zero-order chi connectivity index (χ0) is 22.0. The summed E-state index contributed by atoms with van der Waals surface area (Å²) in [6.07, 6.45) is 1.54. The van der Waals surface area contributed by atoms with Crippen molar-refractivity contribution in [3.8, 4) is 5.75 Å². The van der Waals surface area contributed by atoms with E-state index in [-0.39, 0.29) is 29.6 Å². The van der Waals surface area contributed by atoms with Crippen molar-refractivity contribution in [3.63, 3.8) is 0 Å². The number of Topliss-reactive ketones (excluding diaryl/α,β-unsaturated/α-hetero) is 1. The molecule has 31 heavy (non-hydrogen) atoms. The third-order valence-electron chi connectivity index (χ3n) is 5.47. The standard InChI is InChI=1S/C21H20F3N3O3S/c22-16-3-1-12(8-18(28)17-4-2-14(9-26-17)30-19(23)24)7-15(16)21-5-6-29-10-13(21)11-31-20(25)27-21/h1-4,7,9,13,19H,5-6,8,10-11H2,(H2,25,27)/t13-,21-/m0/s1. The number of amidine groups is 1. The third-order valence-corrected chi connectivity index (χ3v) is 6.43. The van der Waals surface area contributed by atoms with Crippen molar-refractivity contribution in [2.45, 2.75) is 25.0 Å². The second-order valence-corrected chi connectivity index (χ2v) is 8.42. The van der Waals surface area contributed by atoms with E-state index in [9.17, 15) is 18.0 Å². The van der Waals surface area contributed by atoms with Gasteiger partial charge in [-0.05, 0) is 29.8 Å². The molecule has 1 saturated heterocycles. The maximum absolute atomic E-state index is 14.9. The Morgan fingerprint density at radius 3 is 2.94 bits per heavy atom. The Morgan fingerprint density at radius 2 is 2.19 bits per heavy atom. The van der Waals surface area contributed by atoms with E-state index in [2.05, 4.69) is 14.7 Å². The third kappa shape index (κ3) is 4.54. The molecule has 2 aromatic rings. The van der Waals surface area contributed by atoms with Crippen molar-refractivity contribution in [2.75, 3.05) is 19.0 Å². The number of aliphatic imine (C=N–C) groups is 1. The molecule has 0 amide bonds. The number of aromatic nitrogens is 1. The van der Waals surface area contributed by atoms with Crippen LogP contribution in [-0.4, -0.2) is 41.5 Å². The minimum absolute atomic E-state index is 0.0250. The van der Waals surface area contributed by atoms with Crippen LogP contribution in [0.1, 0.15) is 28.0 Å². The monoisotopic (exact) mass is 451 g/mol. The van der Waals surface area contributed by atoms with Crippen LogP contribution in [0.15, 0.2) is 41.5 Å². The van der Waals surface area contributed by atoms with Crippen LogP contribution in [0.5, 0.6) is 5.75 Å². The number of pyridine rings is 1. The van der Waals surface area contributed by atoms with Crippen molar-refractivity contribution >= 4 is 22.7 Å². The van der Waals surface area contributed by atoms with Gasteiger partial charge in [-0.1, -0.05) is 17.8 Å². The van der Waals surface area contributed by atoms with Crippen LogP contribution >= 0.6 is 11.8 Å². The number of carbonyl (C=O) groups is 1. The predicted molar refractivity (Wildman–Crippen MR) is 110 cm³/mol. The fourth-order valence-corrected chi connectivity index (χ4v) is 4.94. The van der Waals surface area contributed by atoms with Gasteiger partial charge >= 0.3 is 6.61 Å². The van der Waals surface area contributed by atoms with Crippen LogP contribution in [0, 0.1) is 11.7 Å². The first-order chi connectivity index (χ1) is 14.9. The summed E-state index contributed by atoms with van der Waals surface area (Å²) in [5, 5.41) is 0.411. The van der Waals surface area contributed by atoms with Crippen LogP contribution in [0.4, 0.5) is 13.2 Å². The first kappa shape index (κ1) is 21.6. The molecule has 0 aliphatic carbocycles. The van der Waals surface area contributed by atoms with Gasteiger partial charge in [-0.3, -0.25) is 9.79 Å². The van der Waals surface area contributed by atoms with Gasteiger partial charge in [0.25, 0.3) is 0 Å². The molecule has 2 atom stereocenters. The summed E-state index contributed by atoms with van der Waals surface area (Å²) in [6.45, 7) is -2.06. The van der Waals surface area contributed by atoms with E-state index in [4.69, 9.17) is 10.5 Å². The van der Waals surface area contributed by atoms with Crippen molar-refractivity contribution < 1.29 is 27.4 Å². The van der Waals surface area contributed by atoms with E-state index in [1.165, 1.54) is 30.0 Å². The molecule has 2 aliphatic heterocycles. The van der Waals surface area contributed by atoms with E-state index in [0.29, 0.717) is 41.7 Å². The van der Waals surface area contributed by atoms with Gasteiger partial charge in [0.05, 0.1) is 18.3 Å². The Balaban J connectivity index is 1.59. The molecule has 1 fully saturated rings. The normalized spacial score (nSPS) is 23.2. The molecule has 4 rings (SSSR count). The smallest absolute Gasteiger partial charge is 0.387 e. The molecule has 1 aromatic heterocycles. The Labute approximate surface area is 181 Å². The Bertz CT molecular complexity index is 1000. The van der Waals surface area contributed by atoms with Gasteiger partial charge in [-0.2, -0.15) is 8.78 Å². The number of ether oxygens (including phenoxy) is 2. The van der Waals surface area contributed by atoms with Crippen LogP contribution in [-0.2, 0) is 16.7 Å². The molecule has 0 unspecified atom stereocenters. The summed E-state index contributed by atoms with van der Waals surface area (Å²) in [5.74, 6) is -0.217. The minimum Gasteiger partial charge on any atom is -0.433 e. The first-order valence-electron chi connectivity index (χ1n) is 9.66. The second-order valence-electron chi connectivity index (χ2n) is 7.38. The summed E-state index contributed by atoms with van der Waals surface area (Å²) >= 11 is 1.43. The Hall–Kier alpha value is -2.59. The lowest BCUT2D eigenvalue weighted by Crippen LogP contribution is -2.47. The fourth-order valence-electron chi connectivity index (χ4n) is 3.97. The lowest BCUT2D eigenvalue weighted by molar-refractivity contribution is -0.0500. The number of thioether (sulfide) groups is 1. The highest BCUT2D eigenvalue weighted by atomic mass is 32.2. The molecular weight excluding hydrogens is 431 g/mol. The van der Waals surface area contributed by atoms with Crippen molar-refractivity contribution in [2.24, 2.45) is 16.6 Å². The Morgan fingerprint density at radius 1 is 1.35 bits per heavy atom. The highest BCUT2D eigenvalue weighted by Gasteiger charge is 2.47. The van der Waals surface area contributed by atoms with Gasteiger partial charge in [-0.25, -0.2) is 9.37 Å². The number of nitrogens with two attached hydrogens (primary N) is 1. The van der Waals surface area contributed by atoms with Crippen LogP contribution < -0.4 is 10.5 Å². The lowest BCUT2D eigenvalue weighted by atomic mass is 9.75. The van der Waals surface area contributed by atoms with Crippen molar-refractivity contribution in [1.29, 1.82) is 0 Å². The van der Waals surface area contributed by atoms with Crippen LogP contribution in [0.25, 0.3) is 0 Å². The van der Waals surface area contributed by atoms with Gasteiger partial charge in [0.1, 0.15) is 17.3 Å². The molecule has 164 valence electrons. The number of halogens is 3. The molecule has 6 nitrogen and oxygen atoms in total. The summed E-state index contributed by atoms with van der Waals surface area (Å²) in [5.41, 5.74) is 6.27. The molecule has 2 N–H and O–H groups in total. The molecule has 0 saturated carbocycles. The van der Waals surface area contributed by atoms with Crippen molar-refractivity contribution in [3.05, 3.63) is 59.2 Å². The number of fused-ring (bicyclic) bond motifs is 1. The van der Waals surface area contributed by atoms with Gasteiger partial charge in [0.15, 0.2) is 11.0 Å². The molecular formula is C21H20F3N3O3S. The fraction of sp³-hybridized carbons (Fsp3) is 0.381. The van der Waals surface area contributed by atoms with Gasteiger partial charge in [-0.15, -0.1) is 0 Å². The second kappa shape index (κ2) is 8.88. The average molecular weight is 451 g/mol. The zero-order valence-corrected chi connectivity index (χ0v) is 17.2. The topological polar surface area (TPSA) is 86.8 Å². The molecule has 10 heteroatoms. The summed E-state index contributed by atoms with van der Waals surface area (Å²) < 4.78 is 49.3. The molecule has 2 aliphatic rings. The number of alkyl halides is 2. The number of ketones is 1. The minimum atomic E-state index is -2.97. The maximum atomic E-state index is 14.9. The van der Waals surface area contributed by atoms with Crippen molar-refractivity contribution in [1.82, 2.24) is 4.98 Å². The van der Waals surface area contributed by atoms with E-state index >= 15 is 0 Å². The van der Waals surface area contributed by atoms with Crippen LogP contribution in [0.3, 0.4) is 0 Å². The maximum Gasteiger partial charge on any atom is 0.387 e. The number of rotatable bonds is 6. The van der Waals surface area contributed by atoms with E-state index < -0.39 is 18.0 Å². The van der Waals surface area contributed by atoms with E-state index in [1.54, 1.807) is 12.1 Å². The summed E-state index contributed by atoms with van der Waals surface area (Å²) in [4.78, 5) is 21.2. The number of nitrogens with zero attached hydrogens (tertiary/aromatic N) is 2. The summed E-state index contributed by atoms with van der Waals surface area (Å²) in [6, 6.07) is 7.11.